The van der Waals surface area contributed by atoms with E-state index in [2.05, 4.69) is 0 Å². The highest BCUT2D eigenvalue weighted by Crippen LogP contribution is 2.23. The number of hydrogen-bond donors (Lipinski definition) is 0. The molecule has 16 heavy (non-hydrogen) atoms. The zero-order valence-electron chi connectivity index (χ0n) is 10.2. The van der Waals surface area contributed by atoms with E-state index in [9.17, 15) is 4.79 Å². The van der Waals surface area contributed by atoms with Crippen molar-refractivity contribution in [2.24, 2.45) is 0 Å². The molecular formula is C15H20O. The molecule has 1 fully saturated rings. The van der Waals surface area contributed by atoms with Gasteiger partial charge in [-0.3, -0.25) is 4.79 Å². The first kappa shape index (κ1) is 12.7. The molecule has 1 heteroatoms. The maximum Gasteiger partial charge on any atom is 0.184 e. The summed E-state index contributed by atoms with van der Waals surface area (Å²) in [4.78, 5) is 12.2. The molecule has 0 heterocycles. The number of hydrogen-bond acceptors (Lipinski definition) is 1. The van der Waals surface area contributed by atoms with E-state index >= 15 is 0 Å². The number of carbonyl (C=O) groups excluding carboxylic acids is 1. The molecule has 0 aromatic heterocycles. The van der Waals surface area contributed by atoms with Gasteiger partial charge in [-0.1, -0.05) is 36.5 Å². The van der Waals surface area contributed by atoms with Crippen LogP contribution in [-0.4, -0.2) is 5.78 Å². The van der Waals surface area contributed by atoms with Crippen LogP contribution in [0.25, 0.3) is 0 Å². The average molecular weight is 216 g/mol. The van der Waals surface area contributed by atoms with Crippen molar-refractivity contribution in [3.05, 3.63) is 47.6 Å². The van der Waals surface area contributed by atoms with Crippen LogP contribution in [0.2, 0.25) is 0 Å². The highest BCUT2D eigenvalue weighted by molar-refractivity contribution is 6.08. The highest BCUT2D eigenvalue weighted by atomic mass is 16.1. The molecule has 0 unspecified atom stereocenters. The topological polar surface area (TPSA) is 17.1 Å². The molecule has 86 valence electrons. The van der Waals surface area contributed by atoms with Gasteiger partial charge in [0.25, 0.3) is 0 Å². The summed E-state index contributed by atoms with van der Waals surface area (Å²) in [5, 5.41) is 0. The Morgan fingerprint density at radius 3 is 1.69 bits per heavy atom. The van der Waals surface area contributed by atoms with Gasteiger partial charge in [0, 0.05) is 0 Å². The molecule has 0 aromatic carbocycles. The van der Waals surface area contributed by atoms with Crippen LogP contribution in [0.15, 0.2) is 47.6 Å². The van der Waals surface area contributed by atoms with Gasteiger partial charge >= 0.3 is 0 Å². The zero-order valence-corrected chi connectivity index (χ0v) is 10.2. The first-order valence-corrected chi connectivity index (χ1v) is 5.98. The monoisotopic (exact) mass is 216 g/mol. The number of allylic oxidation sites excluding steroid dienone is 8. The van der Waals surface area contributed by atoms with E-state index in [-0.39, 0.29) is 5.78 Å². The van der Waals surface area contributed by atoms with Crippen LogP contribution in [0, 0.1) is 0 Å². The lowest BCUT2D eigenvalue weighted by atomic mass is 10.0. The lowest BCUT2D eigenvalue weighted by Crippen LogP contribution is -2.03. The largest absolute Gasteiger partial charge is 0.289 e. The number of carbonyl (C=O) groups is 1. The molecule has 0 aliphatic heterocycles. The Hall–Kier alpha value is -1.37. The second-order valence-corrected chi connectivity index (χ2v) is 3.97. The summed E-state index contributed by atoms with van der Waals surface area (Å²) in [7, 11) is 0. The second-order valence-electron chi connectivity index (χ2n) is 3.97. The van der Waals surface area contributed by atoms with Gasteiger partial charge in [0.05, 0.1) is 0 Å². The average Bonchev–Trinajstić information content (AvgIpc) is 2.47. The van der Waals surface area contributed by atoms with Gasteiger partial charge < -0.3 is 0 Å². The SMILES string of the molecule is C/C=C/C=C1\CCCC/C(=C\C=C\C)C1=O. The van der Waals surface area contributed by atoms with Gasteiger partial charge in [0.2, 0.25) is 0 Å². The zero-order chi connectivity index (χ0) is 11.8. The van der Waals surface area contributed by atoms with Gasteiger partial charge in [-0.05, 0) is 50.7 Å². The first-order valence-electron chi connectivity index (χ1n) is 5.98. The van der Waals surface area contributed by atoms with Crippen LogP contribution in [0.1, 0.15) is 39.5 Å². The summed E-state index contributed by atoms with van der Waals surface area (Å²) in [6.45, 7) is 3.93. The Kier molecular flexibility index (Phi) is 5.55. The lowest BCUT2D eigenvalue weighted by Gasteiger charge is -2.02. The fourth-order valence-corrected chi connectivity index (χ4v) is 1.81. The fourth-order valence-electron chi connectivity index (χ4n) is 1.81. The normalized spacial score (nSPS) is 23.8. The maximum absolute atomic E-state index is 12.2. The van der Waals surface area contributed by atoms with E-state index in [0.717, 1.165) is 36.8 Å². The van der Waals surface area contributed by atoms with Crippen LogP contribution >= 0.6 is 0 Å². The Labute approximate surface area is 98.2 Å². The Balaban J connectivity index is 2.93. The van der Waals surface area contributed by atoms with Crippen molar-refractivity contribution in [1.82, 2.24) is 0 Å². The summed E-state index contributed by atoms with van der Waals surface area (Å²) in [6, 6.07) is 0. The summed E-state index contributed by atoms with van der Waals surface area (Å²) < 4.78 is 0. The minimum atomic E-state index is 0.230. The minimum Gasteiger partial charge on any atom is -0.289 e. The van der Waals surface area contributed by atoms with E-state index in [1.165, 1.54) is 0 Å². The Morgan fingerprint density at radius 2 is 1.31 bits per heavy atom. The van der Waals surface area contributed by atoms with Gasteiger partial charge in [-0.15, -0.1) is 0 Å². The summed E-state index contributed by atoms with van der Waals surface area (Å²) in [5.74, 6) is 0.230. The predicted octanol–water partition coefficient (Wildman–Crippen LogP) is 4.13. The number of rotatable bonds is 2. The molecule has 0 saturated heterocycles. The molecule has 1 rings (SSSR count). The summed E-state index contributed by atoms with van der Waals surface area (Å²) >= 11 is 0. The smallest absolute Gasteiger partial charge is 0.184 e. The Morgan fingerprint density at radius 1 is 0.875 bits per heavy atom. The van der Waals surface area contributed by atoms with Crippen molar-refractivity contribution in [3.8, 4) is 0 Å². The molecule has 1 saturated carbocycles. The third kappa shape index (κ3) is 3.65. The minimum absolute atomic E-state index is 0.230. The number of ketones is 1. The maximum atomic E-state index is 12.2. The van der Waals surface area contributed by atoms with E-state index in [1.807, 2.05) is 50.3 Å². The van der Waals surface area contributed by atoms with Crippen LogP contribution < -0.4 is 0 Å². The quantitative estimate of drug-likeness (QED) is 0.501. The third-order valence-corrected chi connectivity index (χ3v) is 2.71. The lowest BCUT2D eigenvalue weighted by molar-refractivity contribution is -0.112. The molecule has 0 radical (unpaired) electrons. The van der Waals surface area contributed by atoms with E-state index < -0.39 is 0 Å². The second kappa shape index (κ2) is 7.00. The van der Waals surface area contributed by atoms with Gasteiger partial charge in [-0.25, -0.2) is 0 Å². The van der Waals surface area contributed by atoms with Crippen LogP contribution in [0.5, 0.6) is 0 Å². The number of Topliss-reactive ketones (excluding diaryl/α,β-unsaturated/α-hetero) is 1. The standard InChI is InChI=1S/C15H20O/c1-3-5-9-13-11-7-8-12-14(15(13)16)10-6-4-2/h3-6,9-10H,7-8,11-12H2,1-2H3/b5-3+,6-4+,13-9+,14-10+. The van der Waals surface area contributed by atoms with Crippen LogP contribution in [-0.2, 0) is 4.79 Å². The highest BCUT2D eigenvalue weighted by Gasteiger charge is 2.17. The predicted molar refractivity (Wildman–Crippen MR) is 69.3 cm³/mol. The van der Waals surface area contributed by atoms with E-state index in [4.69, 9.17) is 0 Å². The third-order valence-electron chi connectivity index (χ3n) is 2.71. The molecular weight excluding hydrogens is 196 g/mol. The van der Waals surface area contributed by atoms with Crippen molar-refractivity contribution in [2.75, 3.05) is 0 Å². The van der Waals surface area contributed by atoms with Gasteiger partial charge in [0.1, 0.15) is 0 Å². The van der Waals surface area contributed by atoms with Crippen molar-refractivity contribution in [1.29, 1.82) is 0 Å². The molecule has 1 aliphatic rings. The van der Waals surface area contributed by atoms with Gasteiger partial charge in [0.15, 0.2) is 5.78 Å². The first-order chi connectivity index (χ1) is 7.79. The van der Waals surface area contributed by atoms with Crippen molar-refractivity contribution in [3.63, 3.8) is 0 Å². The van der Waals surface area contributed by atoms with Crippen LogP contribution in [0.3, 0.4) is 0 Å². The van der Waals surface area contributed by atoms with E-state index in [0.29, 0.717) is 0 Å². The van der Waals surface area contributed by atoms with E-state index in [1.54, 1.807) is 0 Å². The van der Waals surface area contributed by atoms with Gasteiger partial charge in [-0.2, -0.15) is 0 Å². The van der Waals surface area contributed by atoms with Crippen molar-refractivity contribution in [2.45, 2.75) is 39.5 Å². The summed E-state index contributed by atoms with van der Waals surface area (Å²) in [6.07, 6.45) is 15.8. The van der Waals surface area contributed by atoms with Crippen LogP contribution in [0.4, 0.5) is 0 Å². The van der Waals surface area contributed by atoms with Crippen molar-refractivity contribution >= 4 is 5.78 Å². The summed E-state index contributed by atoms with van der Waals surface area (Å²) in [5.41, 5.74) is 1.90. The molecule has 0 amide bonds. The molecule has 0 atom stereocenters. The molecule has 0 spiro atoms. The van der Waals surface area contributed by atoms with Crippen molar-refractivity contribution < 1.29 is 4.79 Å². The fraction of sp³-hybridized carbons (Fsp3) is 0.400. The molecule has 0 N–H and O–H groups in total. The molecule has 1 aliphatic carbocycles. The molecule has 0 bridgehead atoms. The Bertz CT molecular complexity index is 320. The molecule has 0 aromatic rings. The molecule has 1 nitrogen and oxygen atoms in total.